The quantitative estimate of drug-likeness (QED) is 0.585. The van der Waals surface area contributed by atoms with E-state index >= 15 is 0 Å². The predicted molar refractivity (Wildman–Crippen MR) is 75.1 cm³/mol. The van der Waals surface area contributed by atoms with Gasteiger partial charge < -0.3 is 11.1 Å². The van der Waals surface area contributed by atoms with Gasteiger partial charge in [-0.25, -0.2) is 0 Å². The number of rotatable bonds is 4. The Balaban J connectivity index is 2.21. The van der Waals surface area contributed by atoms with Crippen LogP contribution >= 0.6 is 0 Å². The van der Waals surface area contributed by atoms with Crippen LogP contribution in [-0.4, -0.2) is 19.0 Å². The lowest BCUT2D eigenvalue weighted by atomic mass is 9.73. The van der Waals surface area contributed by atoms with Crippen molar-refractivity contribution in [1.29, 1.82) is 0 Å². The molecule has 0 amide bonds. The molecule has 3 nitrogen and oxygen atoms in total. The summed E-state index contributed by atoms with van der Waals surface area (Å²) in [7, 11) is 0. The summed E-state index contributed by atoms with van der Waals surface area (Å²) in [6, 6.07) is 0. The molecular weight excluding hydrogens is 210 g/mol. The Bertz CT molecular complexity index is 246. The molecule has 0 atom stereocenters. The van der Waals surface area contributed by atoms with Crippen LogP contribution in [0.5, 0.6) is 0 Å². The van der Waals surface area contributed by atoms with Gasteiger partial charge in [-0.3, -0.25) is 4.99 Å². The number of aliphatic imine (C=N–C) groups is 1. The van der Waals surface area contributed by atoms with E-state index in [4.69, 9.17) is 5.73 Å². The summed E-state index contributed by atoms with van der Waals surface area (Å²) < 4.78 is 0. The van der Waals surface area contributed by atoms with Crippen LogP contribution in [0.1, 0.15) is 53.4 Å². The van der Waals surface area contributed by atoms with Crippen molar-refractivity contribution in [3.05, 3.63) is 0 Å². The Morgan fingerprint density at radius 2 is 1.94 bits per heavy atom. The maximum Gasteiger partial charge on any atom is 0.188 e. The van der Waals surface area contributed by atoms with Crippen molar-refractivity contribution >= 4 is 5.96 Å². The highest BCUT2D eigenvalue weighted by molar-refractivity contribution is 5.77. The molecule has 3 N–H and O–H groups in total. The zero-order valence-corrected chi connectivity index (χ0v) is 11.9. The van der Waals surface area contributed by atoms with Crippen LogP contribution in [0.4, 0.5) is 0 Å². The second-order valence-electron chi connectivity index (χ2n) is 6.61. The molecule has 0 aliphatic heterocycles. The van der Waals surface area contributed by atoms with Crippen LogP contribution < -0.4 is 11.1 Å². The van der Waals surface area contributed by atoms with E-state index in [1.54, 1.807) is 0 Å². The summed E-state index contributed by atoms with van der Waals surface area (Å²) in [6.45, 7) is 10.9. The fraction of sp³-hybridized carbons (Fsp3) is 0.929. The molecule has 1 fully saturated rings. The molecule has 0 unspecified atom stereocenters. The highest BCUT2D eigenvalue weighted by Crippen LogP contribution is 2.37. The van der Waals surface area contributed by atoms with Crippen molar-refractivity contribution in [3.63, 3.8) is 0 Å². The van der Waals surface area contributed by atoms with Crippen LogP contribution in [0.25, 0.3) is 0 Å². The number of hydrogen-bond acceptors (Lipinski definition) is 1. The summed E-state index contributed by atoms with van der Waals surface area (Å²) in [5.74, 6) is 1.96. The summed E-state index contributed by atoms with van der Waals surface area (Å²) in [6.07, 6.45) is 5.31. The van der Waals surface area contributed by atoms with Gasteiger partial charge in [0, 0.05) is 13.1 Å². The van der Waals surface area contributed by atoms with Crippen molar-refractivity contribution in [2.75, 3.05) is 13.1 Å². The lowest BCUT2D eigenvalue weighted by molar-refractivity contribution is 0.192. The van der Waals surface area contributed by atoms with E-state index in [1.165, 1.54) is 25.7 Å². The van der Waals surface area contributed by atoms with E-state index in [9.17, 15) is 0 Å². The Morgan fingerprint density at radius 1 is 1.35 bits per heavy atom. The molecule has 0 saturated heterocycles. The van der Waals surface area contributed by atoms with E-state index in [0.29, 0.717) is 17.3 Å². The highest BCUT2D eigenvalue weighted by Gasteiger charge is 2.26. The number of guanidine groups is 1. The first-order valence-electron chi connectivity index (χ1n) is 6.93. The van der Waals surface area contributed by atoms with Gasteiger partial charge in [0.25, 0.3) is 0 Å². The van der Waals surface area contributed by atoms with Crippen molar-refractivity contribution in [3.8, 4) is 0 Å². The van der Waals surface area contributed by atoms with Crippen LogP contribution in [0.2, 0.25) is 0 Å². The molecule has 3 heteroatoms. The van der Waals surface area contributed by atoms with Crippen LogP contribution in [-0.2, 0) is 0 Å². The highest BCUT2D eigenvalue weighted by atomic mass is 15.1. The fourth-order valence-electron chi connectivity index (χ4n) is 2.25. The van der Waals surface area contributed by atoms with Gasteiger partial charge in [0.2, 0.25) is 0 Å². The third-order valence-electron chi connectivity index (χ3n) is 3.66. The van der Waals surface area contributed by atoms with Gasteiger partial charge >= 0.3 is 0 Å². The minimum absolute atomic E-state index is 0.549. The lowest BCUT2D eigenvalue weighted by Crippen LogP contribution is -2.37. The zero-order valence-electron chi connectivity index (χ0n) is 11.9. The minimum atomic E-state index is 0.549. The van der Waals surface area contributed by atoms with Gasteiger partial charge in [0.05, 0.1) is 0 Å². The fourth-order valence-corrected chi connectivity index (χ4v) is 2.25. The molecule has 1 rings (SSSR count). The van der Waals surface area contributed by atoms with Crippen molar-refractivity contribution in [2.45, 2.75) is 53.4 Å². The molecule has 17 heavy (non-hydrogen) atoms. The second kappa shape index (κ2) is 6.27. The number of nitrogens with zero attached hydrogens (tertiary/aromatic N) is 1. The van der Waals surface area contributed by atoms with Gasteiger partial charge in [-0.15, -0.1) is 0 Å². The summed E-state index contributed by atoms with van der Waals surface area (Å²) in [5.41, 5.74) is 6.38. The van der Waals surface area contributed by atoms with E-state index in [0.717, 1.165) is 19.0 Å². The molecule has 1 saturated carbocycles. The Kier molecular flexibility index (Phi) is 5.29. The average molecular weight is 239 g/mol. The molecular formula is C14H29N3. The van der Waals surface area contributed by atoms with E-state index in [-0.39, 0.29) is 0 Å². The van der Waals surface area contributed by atoms with E-state index < -0.39 is 0 Å². The monoisotopic (exact) mass is 239 g/mol. The van der Waals surface area contributed by atoms with Gasteiger partial charge in [-0.05, 0) is 42.9 Å². The lowest BCUT2D eigenvalue weighted by Gasteiger charge is -2.34. The Morgan fingerprint density at radius 3 is 2.47 bits per heavy atom. The molecule has 1 aliphatic rings. The van der Waals surface area contributed by atoms with E-state index in [1.807, 2.05) is 0 Å². The van der Waals surface area contributed by atoms with Crippen molar-refractivity contribution < 1.29 is 0 Å². The predicted octanol–water partition coefficient (Wildman–Crippen LogP) is 2.76. The van der Waals surface area contributed by atoms with Crippen LogP contribution in [0.15, 0.2) is 4.99 Å². The van der Waals surface area contributed by atoms with Crippen molar-refractivity contribution in [1.82, 2.24) is 5.32 Å². The smallest absolute Gasteiger partial charge is 0.188 e. The summed E-state index contributed by atoms with van der Waals surface area (Å²) in [4.78, 5) is 4.32. The molecule has 1 aliphatic carbocycles. The van der Waals surface area contributed by atoms with Crippen molar-refractivity contribution in [2.24, 2.45) is 28.0 Å². The minimum Gasteiger partial charge on any atom is -0.370 e. The molecule has 0 heterocycles. The number of hydrogen-bond donors (Lipinski definition) is 2. The number of nitrogens with two attached hydrogens (primary N) is 1. The van der Waals surface area contributed by atoms with Gasteiger partial charge in [0.15, 0.2) is 5.96 Å². The standard InChI is InChI=1S/C14H29N3/c1-11(2)9-16-13(15)17-10-12-5-7-14(3,4)8-6-12/h11-12H,5-10H2,1-4H3,(H3,15,16,17). The second-order valence-corrected chi connectivity index (χ2v) is 6.61. The Labute approximate surface area is 106 Å². The zero-order chi connectivity index (χ0) is 12.9. The molecule has 0 spiro atoms. The third kappa shape index (κ3) is 5.94. The molecule has 0 radical (unpaired) electrons. The first-order chi connectivity index (χ1) is 7.89. The Hall–Kier alpha value is -0.730. The maximum atomic E-state index is 5.83. The van der Waals surface area contributed by atoms with Gasteiger partial charge in [-0.2, -0.15) is 0 Å². The first-order valence-corrected chi connectivity index (χ1v) is 6.93. The molecule has 0 aromatic carbocycles. The SMILES string of the molecule is CC(C)CN=C(N)NCC1CCC(C)(C)CC1. The largest absolute Gasteiger partial charge is 0.370 e. The average Bonchev–Trinajstić information content (AvgIpc) is 2.25. The molecule has 0 bridgehead atoms. The normalized spacial score (nSPS) is 21.8. The topological polar surface area (TPSA) is 50.4 Å². The van der Waals surface area contributed by atoms with E-state index in [2.05, 4.69) is 38.0 Å². The molecule has 100 valence electrons. The first kappa shape index (κ1) is 14.3. The van der Waals surface area contributed by atoms with Gasteiger partial charge in [0.1, 0.15) is 0 Å². The van der Waals surface area contributed by atoms with Crippen LogP contribution in [0, 0.1) is 17.3 Å². The maximum absolute atomic E-state index is 5.83. The number of nitrogens with one attached hydrogen (secondary N) is 1. The summed E-state index contributed by atoms with van der Waals surface area (Å²) >= 11 is 0. The molecule has 0 aromatic heterocycles. The van der Waals surface area contributed by atoms with Gasteiger partial charge in [-0.1, -0.05) is 27.7 Å². The molecule has 0 aromatic rings. The van der Waals surface area contributed by atoms with Crippen LogP contribution in [0.3, 0.4) is 0 Å². The third-order valence-corrected chi connectivity index (χ3v) is 3.66. The summed E-state index contributed by atoms with van der Waals surface area (Å²) in [5, 5.41) is 3.26.